The molecule has 0 radical (unpaired) electrons. The molecular formula is C17H25N3O3. The summed E-state index contributed by atoms with van der Waals surface area (Å²) in [5.41, 5.74) is 1.68. The van der Waals surface area contributed by atoms with Gasteiger partial charge in [-0.05, 0) is 39.5 Å². The van der Waals surface area contributed by atoms with E-state index in [1.807, 2.05) is 23.6 Å². The SMILES string of the molecule is Cc1noc(C)c1CC(=O)N1CCC(C(=O)N2CCCC2)CC1. The highest BCUT2D eigenvalue weighted by Crippen LogP contribution is 2.23. The maximum Gasteiger partial charge on any atom is 0.227 e. The first-order valence-corrected chi connectivity index (χ1v) is 8.54. The Morgan fingerprint density at radius 2 is 1.74 bits per heavy atom. The number of carbonyl (C=O) groups is 2. The van der Waals surface area contributed by atoms with E-state index in [-0.39, 0.29) is 11.8 Å². The van der Waals surface area contributed by atoms with Crippen molar-refractivity contribution in [2.45, 2.75) is 46.0 Å². The number of piperidine rings is 1. The molecule has 0 spiro atoms. The molecule has 3 heterocycles. The Morgan fingerprint density at radius 3 is 2.30 bits per heavy atom. The Bertz CT molecular complexity index is 562. The van der Waals surface area contributed by atoms with Crippen molar-refractivity contribution >= 4 is 11.8 Å². The van der Waals surface area contributed by atoms with Crippen LogP contribution in [0.4, 0.5) is 0 Å². The summed E-state index contributed by atoms with van der Waals surface area (Å²) in [6, 6.07) is 0. The van der Waals surface area contributed by atoms with Crippen LogP contribution in [0.1, 0.15) is 42.7 Å². The van der Waals surface area contributed by atoms with E-state index in [9.17, 15) is 9.59 Å². The van der Waals surface area contributed by atoms with E-state index in [0.29, 0.717) is 25.4 Å². The first-order chi connectivity index (χ1) is 11.1. The molecule has 0 saturated carbocycles. The normalized spacial score (nSPS) is 19.4. The van der Waals surface area contributed by atoms with E-state index in [0.717, 1.165) is 55.8 Å². The summed E-state index contributed by atoms with van der Waals surface area (Å²) in [6.45, 7) is 6.86. The van der Waals surface area contributed by atoms with Gasteiger partial charge in [-0.3, -0.25) is 9.59 Å². The molecule has 2 aliphatic rings. The Labute approximate surface area is 136 Å². The monoisotopic (exact) mass is 319 g/mol. The van der Waals surface area contributed by atoms with Gasteiger partial charge in [0.15, 0.2) is 0 Å². The summed E-state index contributed by atoms with van der Waals surface area (Å²) in [4.78, 5) is 28.8. The Hall–Kier alpha value is -1.85. The van der Waals surface area contributed by atoms with Gasteiger partial charge in [-0.15, -0.1) is 0 Å². The molecule has 2 saturated heterocycles. The predicted octanol–water partition coefficient (Wildman–Crippen LogP) is 1.69. The van der Waals surface area contributed by atoms with E-state index in [2.05, 4.69) is 5.16 Å². The molecule has 2 aliphatic heterocycles. The van der Waals surface area contributed by atoms with Crippen molar-refractivity contribution in [2.75, 3.05) is 26.2 Å². The third kappa shape index (κ3) is 3.41. The molecule has 3 rings (SSSR count). The minimum atomic E-state index is 0.0937. The maximum absolute atomic E-state index is 12.5. The number of carbonyl (C=O) groups excluding carboxylic acids is 2. The number of likely N-dealkylation sites (tertiary alicyclic amines) is 2. The van der Waals surface area contributed by atoms with Gasteiger partial charge in [0.05, 0.1) is 12.1 Å². The highest BCUT2D eigenvalue weighted by molar-refractivity contribution is 5.81. The van der Waals surface area contributed by atoms with Gasteiger partial charge in [-0.1, -0.05) is 5.16 Å². The molecule has 0 N–H and O–H groups in total. The summed E-state index contributed by atoms with van der Waals surface area (Å²) < 4.78 is 5.12. The van der Waals surface area contributed by atoms with Crippen LogP contribution in [-0.4, -0.2) is 52.9 Å². The lowest BCUT2D eigenvalue weighted by Gasteiger charge is -2.33. The van der Waals surface area contributed by atoms with Gasteiger partial charge in [0.1, 0.15) is 5.76 Å². The summed E-state index contributed by atoms with van der Waals surface area (Å²) in [6.07, 6.45) is 4.15. The van der Waals surface area contributed by atoms with Crippen LogP contribution in [-0.2, 0) is 16.0 Å². The smallest absolute Gasteiger partial charge is 0.227 e. The number of aromatic nitrogens is 1. The lowest BCUT2D eigenvalue weighted by Crippen LogP contribution is -2.44. The fourth-order valence-electron chi connectivity index (χ4n) is 3.59. The second-order valence-corrected chi connectivity index (χ2v) is 6.67. The largest absolute Gasteiger partial charge is 0.361 e. The van der Waals surface area contributed by atoms with Crippen molar-refractivity contribution in [3.05, 3.63) is 17.0 Å². The zero-order valence-corrected chi connectivity index (χ0v) is 14.0. The molecule has 1 aromatic rings. The molecule has 1 aromatic heterocycles. The number of hydrogen-bond acceptors (Lipinski definition) is 4. The third-order valence-corrected chi connectivity index (χ3v) is 5.12. The predicted molar refractivity (Wildman–Crippen MR) is 84.8 cm³/mol. The van der Waals surface area contributed by atoms with Crippen molar-refractivity contribution in [2.24, 2.45) is 5.92 Å². The van der Waals surface area contributed by atoms with Gasteiger partial charge in [0.2, 0.25) is 11.8 Å². The number of nitrogens with zero attached hydrogens (tertiary/aromatic N) is 3. The van der Waals surface area contributed by atoms with Crippen LogP contribution < -0.4 is 0 Å². The molecule has 2 amide bonds. The highest BCUT2D eigenvalue weighted by Gasteiger charge is 2.31. The van der Waals surface area contributed by atoms with Gasteiger partial charge in [-0.25, -0.2) is 0 Å². The quantitative estimate of drug-likeness (QED) is 0.850. The lowest BCUT2D eigenvalue weighted by atomic mass is 9.95. The van der Waals surface area contributed by atoms with Crippen LogP contribution in [0, 0.1) is 19.8 Å². The van der Waals surface area contributed by atoms with Crippen LogP contribution in [0.2, 0.25) is 0 Å². The number of rotatable bonds is 3. The van der Waals surface area contributed by atoms with E-state index in [4.69, 9.17) is 4.52 Å². The Balaban J connectivity index is 1.52. The van der Waals surface area contributed by atoms with Crippen LogP contribution in [0.25, 0.3) is 0 Å². The van der Waals surface area contributed by atoms with E-state index in [1.165, 1.54) is 0 Å². The lowest BCUT2D eigenvalue weighted by molar-refractivity contribution is -0.139. The third-order valence-electron chi connectivity index (χ3n) is 5.12. The maximum atomic E-state index is 12.5. The average Bonchev–Trinajstić information content (AvgIpc) is 3.20. The van der Waals surface area contributed by atoms with Crippen molar-refractivity contribution in [3.63, 3.8) is 0 Å². The molecule has 0 aromatic carbocycles. The highest BCUT2D eigenvalue weighted by atomic mass is 16.5. The number of amides is 2. The van der Waals surface area contributed by atoms with E-state index >= 15 is 0 Å². The van der Waals surface area contributed by atoms with Crippen LogP contribution in [0.5, 0.6) is 0 Å². The average molecular weight is 319 g/mol. The van der Waals surface area contributed by atoms with Crippen LogP contribution in [0.15, 0.2) is 4.52 Å². The van der Waals surface area contributed by atoms with Crippen molar-refractivity contribution in [1.82, 2.24) is 15.0 Å². The van der Waals surface area contributed by atoms with E-state index in [1.54, 1.807) is 0 Å². The van der Waals surface area contributed by atoms with Gasteiger partial charge < -0.3 is 14.3 Å². The summed E-state index contributed by atoms with van der Waals surface area (Å²) in [7, 11) is 0. The minimum absolute atomic E-state index is 0.0937. The second kappa shape index (κ2) is 6.72. The molecule has 2 fully saturated rings. The molecular weight excluding hydrogens is 294 g/mol. The molecule has 6 heteroatoms. The second-order valence-electron chi connectivity index (χ2n) is 6.67. The molecule has 0 bridgehead atoms. The minimum Gasteiger partial charge on any atom is -0.361 e. The molecule has 0 atom stereocenters. The first kappa shape index (κ1) is 16.0. The zero-order valence-electron chi connectivity index (χ0n) is 14.0. The van der Waals surface area contributed by atoms with E-state index < -0.39 is 0 Å². The van der Waals surface area contributed by atoms with Gasteiger partial charge >= 0.3 is 0 Å². The molecule has 0 unspecified atom stereocenters. The van der Waals surface area contributed by atoms with Gasteiger partial charge in [-0.2, -0.15) is 0 Å². The number of hydrogen-bond donors (Lipinski definition) is 0. The van der Waals surface area contributed by atoms with Crippen LogP contribution >= 0.6 is 0 Å². The van der Waals surface area contributed by atoms with Crippen molar-refractivity contribution in [3.8, 4) is 0 Å². The molecule has 6 nitrogen and oxygen atoms in total. The molecule has 126 valence electrons. The standard InChI is InChI=1S/C17H25N3O3/c1-12-15(13(2)23-18-12)11-16(21)19-9-5-14(6-10-19)17(22)20-7-3-4-8-20/h14H,3-11H2,1-2H3. The van der Waals surface area contributed by atoms with Crippen molar-refractivity contribution in [1.29, 1.82) is 0 Å². The molecule has 23 heavy (non-hydrogen) atoms. The van der Waals surface area contributed by atoms with Gasteiger partial charge in [0.25, 0.3) is 0 Å². The Kier molecular flexibility index (Phi) is 4.68. The van der Waals surface area contributed by atoms with Crippen molar-refractivity contribution < 1.29 is 14.1 Å². The van der Waals surface area contributed by atoms with Gasteiger partial charge in [0, 0.05) is 37.7 Å². The zero-order chi connectivity index (χ0) is 16.4. The van der Waals surface area contributed by atoms with Crippen LogP contribution in [0.3, 0.4) is 0 Å². The number of aryl methyl sites for hydroxylation is 2. The summed E-state index contributed by atoms with van der Waals surface area (Å²) >= 11 is 0. The first-order valence-electron chi connectivity index (χ1n) is 8.54. The Morgan fingerprint density at radius 1 is 1.09 bits per heavy atom. The topological polar surface area (TPSA) is 66.7 Å². The molecule has 0 aliphatic carbocycles. The summed E-state index contributed by atoms with van der Waals surface area (Å²) in [5, 5.41) is 3.90. The fraction of sp³-hybridized carbons (Fsp3) is 0.706. The summed E-state index contributed by atoms with van der Waals surface area (Å²) in [5.74, 6) is 1.21. The fourth-order valence-corrected chi connectivity index (χ4v) is 3.59.